The summed E-state index contributed by atoms with van der Waals surface area (Å²) in [5.74, 6) is 2.12. The van der Waals surface area contributed by atoms with Crippen molar-refractivity contribution in [1.29, 1.82) is 0 Å². The highest BCUT2D eigenvalue weighted by Crippen LogP contribution is 2.19. The Labute approximate surface area is 187 Å². The van der Waals surface area contributed by atoms with Crippen LogP contribution in [0.3, 0.4) is 0 Å². The number of guanidine groups is 1. The van der Waals surface area contributed by atoms with E-state index in [9.17, 15) is 0 Å². The SMILES string of the molecule is CCNC(=NCc1ccnc(N2CCCCC2)c1)N1CCC(OCC)CC1.I. The van der Waals surface area contributed by atoms with Gasteiger partial charge in [-0.25, -0.2) is 9.98 Å². The van der Waals surface area contributed by atoms with Gasteiger partial charge in [-0.1, -0.05) is 0 Å². The normalized spacial score (nSPS) is 18.7. The summed E-state index contributed by atoms with van der Waals surface area (Å²) in [4.78, 5) is 14.3. The van der Waals surface area contributed by atoms with Crippen molar-refractivity contribution in [3.63, 3.8) is 0 Å². The molecule has 7 heteroatoms. The standard InChI is InChI=1S/C21H35N5O.HI/c1-3-22-21(26-14-9-19(10-15-26)27-4-2)24-17-18-8-11-23-20(16-18)25-12-6-5-7-13-25;/h8,11,16,19H,3-7,9-10,12-15,17H2,1-2H3,(H,22,24);1H. The quantitative estimate of drug-likeness (QED) is 0.367. The van der Waals surface area contributed by atoms with Crippen molar-refractivity contribution < 1.29 is 4.74 Å². The van der Waals surface area contributed by atoms with Crippen LogP contribution in [0.5, 0.6) is 0 Å². The summed E-state index contributed by atoms with van der Waals surface area (Å²) in [7, 11) is 0. The number of halogens is 1. The number of nitrogens with one attached hydrogen (secondary N) is 1. The van der Waals surface area contributed by atoms with Crippen LogP contribution in [0, 0.1) is 0 Å². The van der Waals surface area contributed by atoms with E-state index in [0.29, 0.717) is 12.6 Å². The number of nitrogens with zero attached hydrogens (tertiary/aromatic N) is 4. The molecule has 0 bridgehead atoms. The summed E-state index contributed by atoms with van der Waals surface area (Å²) in [6.45, 7) is 10.8. The van der Waals surface area contributed by atoms with Crippen LogP contribution in [0.1, 0.15) is 51.5 Å². The van der Waals surface area contributed by atoms with Crippen LogP contribution in [-0.2, 0) is 11.3 Å². The van der Waals surface area contributed by atoms with Crippen molar-refractivity contribution in [3.05, 3.63) is 23.9 Å². The average Bonchev–Trinajstić information content (AvgIpc) is 2.73. The van der Waals surface area contributed by atoms with Gasteiger partial charge in [-0.15, -0.1) is 24.0 Å². The van der Waals surface area contributed by atoms with E-state index in [4.69, 9.17) is 9.73 Å². The van der Waals surface area contributed by atoms with E-state index in [2.05, 4.69) is 46.1 Å². The van der Waals surface area contributed by atoms with E-state index in [0.717, 1.165) is 63.9 Å². The highest BCUT2D eigenvalue weighted by atomic mass is 127. The summed E-state index contributed by atoms with van der Waals surface area (Å²) in [5, 5.41) is 3.46. The van der Waals surface area contributed by atoms with Gasteiger partial charge in [0.2, 0.25) is 0 Å². The molecule has 2 fully saturated rings. The van der Waals surface area contributed by atoms with Crippen molar-refractivity contribution in [2.24, 2.45) is 4.99 Å². The summed E-state index contributed by atoms with van der Waals surface area (Å²) < 4.78 is 5.77. The van der Waals surface area contributed by atoms with Crippen molar-refractivity contribution in [3.8, 4) is 0 Å². The lowest BCUT2D eigenvalue weighted by molar-refractivity contribution is 0.0263. The fourth-order valence-electron chi connectivity index (χ4n) is 3.92. The lowest BCUT2D eigenvalue weighted by Gasteiger charge is -2.34. The third-order valence-electron chi connectivity index (χ3n) is 5.38. The first-order valence-electron chi connectivity index (χ1n) is 10.6. The molecule has 1 aromatic rings. The highest BCUT2D eigenvalue weighted by molar-refractivity contribution is 14.0. The zero-order valence-corrected chi connectivity index (χ0v) is 19.7. The van der Waals surface area contributed by atoms with Crippen LogP contribution in [-0.4, -0.2) is 61.3 Å². The average molecular weight is 501 g/mol. The lowest BCUT2D eigenvalue weighted by atomic mass is 10.1. The third kappa shape index (κ3) is 6.76. The highest BCUT2D eigenvalue weighted by Gasteiger charge is 2.21. The van der Waals surface area contributed by atoms with Gasteiger partial charge in [0.1, 0.15) is 5.82 Å². The molecule has 2 saturated heterocycles. The zero-order chi connectivity index (χ0) is 18.9. The molecule has 6 nitrogen and oxygen atoms in total. The molecule has 0 aromatic carbocycles. The van der Waals surface area contributed by atoms with E-state index >= 15 is 0 Å². The Bertz CT molecular complexity index is 598. The molecule has 0 radical (unpaired) electrons. The molecule has 0 spiro atoms. The second kappa shape index (κ2) is 12.5. The first-order chi connectivity index (χ1) is 13.3. The molecule has 1 aromatic heterocycles. The number of pyridine rings is 1. The number of ether oxygens (including phenoxy) is 1. The molecule has 0 unspecified atom stereocenters. The van der Waals surface area contributed by atoms with E-state index in [1.807, 2.05) is 6.20 Å². The molecule has 3 heterocycles. The van der Waals surface area contributed by atoms with Crippen molar-refractivity contribution in [2.45, 2.75) is 58.6 Å². The minimum atomic E-state index is 0. The molecule has 0 atom stereocenters. The van der Waals surface area contributed by atoms with Crippen LogP contribution in [0.2, 0.25) is 0 Å². The van der Waals surface area contributed by atoms with E-state index in [1.54, 1.807) is 0 Å². The molecular formula is C21H36IN5O. The zero-order valence-electron chi connectivity index (χ0n) is 17.4. The molecule has 0 amide bonds. The van der Waals surface area contributed by atoms with Gasteiger partial charge in [0.25, 0.3) is 0 Å². The van der Waals surface area contributed by atoms with Gasteiger partial charge >= 0.3 is 0 Å². The van der Waals surface area contributed by atoms with Crippen LogP contribution in [0.15, 0.2) is 23.3 Å². The minimum absolute atomic E-state index is 0. The topological polar surface area (TPSA) is 53.0 Å². The second-order valence-corrected chi connectivity index (χ2v) is 7.38. The van der Waals surface area contributed by atoms with Crippen LogP contribution in [0.25, 0.3) is 0 Å². The van der Waals surface area contributed by atoms with E-state index in [1.165, 1.54) is 24.8 Å². The molecule has 2 aliphatic heterocycles. The van der Waals surface area contributed by atoms with E-state index < -0.39 is 0 Å². The number of aliphatic imine (C=N–C) groups is 1. The van der Waals surface area contributed by atoms with Gasteiger partial charge in [-0.3, -0.25) is 0 Å². The van der Waals surface area contributed by atoms with Crippen molar-refractivity contribution in [2.75, 3.05) is 44.2 Å². The van der Waals surface area contributed by atoms with Crippen LogP contribution < -0.4 is 10.2 Å². The lowest BCUT2D eigenvalue weighted by Crippen LogP contribution is -2.47. The van der Waals surface area contributed by atoms with Gasteiger partial charge in [0.15, 0.2) is 5.96 Å². The Kier molecular flexibility index (Phi) is 10.3. The monoisotopic (exact) mass is 501 g/mol. The molecule has 3 rings (SSSR count). The van der Waals surface area contributed by atoms with Crippen LogP contribution in [0.4, 0.5) is 5.82 Å². The molecule has 2 aliphatic rings. The maximum absolute atomic E-state index is 5.77. The van der Waals surface area contributed by atoms with E-state index in [-0.39, 0.29) is 24.0 Å². The Morgan fingerprint density at radius 1 is 1.18 bits per heavy atom. The number of piperidine rings is 2. The number of likely N-dealkylation sites (tertiary alicyclic amines) is 1. The smallest absolute Gasteiger partial charge is 0.194 e. The van der Waals surface area contributed by atoms with Gasteiger partial charge in [-0.2, -0.15) is 0 Å². The maximum Gasteiger partial charge on any atom is 0.194 e. The summed E-state index contributed by atoms with van der Waals surface area (Å²) in [6, 6.07) is 4.29. The predicted octanol–water partition coefficient (Wildman–Crippen LogP) is 3.66. The van der Waals surface area contributed by atoms with Gasteiger partial charge in [0.05, 0.1) is 12.6 Å². The van der Waals surface area contributed by atoms with Gasteiger partial charge < -0.3 is 19.9 Å². The second-order valence-electron chi connectivity index (χ2n) is 7.38. The molecule has 28 heavy (non-hydrogen) atoms. The molecule has 0 saturated carbocycles. The third-order valence-corrected chi connectivity index (χ3v) is 5.38. The van der Waals surface area contributed by atoms with Gasteiger partial charge in [-0.05, 0) is 63.6 Å². The Hall–Kier alpha value is -1.09. The summed E-state index contributed by atoms with van der Waals surface area (Å²) >= 11 is 0. The predicted molar refractivity (Wildman–Crippen MR) is 127 cm³/mol. The number of aromatic nitrogens is 1. The number of hydrogen-bond acceptors (Lipinski definition) is 4. The Balaban J connectivity index is 0.00000280. The molecular weight excluding hydrogens is 465 g/mol. The number of hydrogen-bond donors (Lipinski definition) is 1. The Morgan fingerprint density at radius 3 is 2.61 bits per heavy atom. The summed E-state index contributed by atoms with van der Waals surface area (Å²) in [5.41, 5.74) is 1.23. The maximum atomic E-state index is 5.77. The molecule has 1 N–H and O–H groups in total. The largest absolute Gasteiger partial charge is 0.378 e. The van der Waals surface area contributed by atoms with Crippen LogP contribution >= 0.6 is 24.0 Å². The molecule has 0 aliphatic carbocycles. The van der Waals surface area contributed by atoms with Gasteiger partial charge in [0, 0.05) is 45.5 Å². The number of rotatable bonds is 6. The first kappa shape index (κ1) is 23.2. The fourth-order valence-corrected chi connectivity index (χ4v) is 3.92. The number of anilines is 1. The Morgan fingerprint density at radius 2 is 1.93 bits per heavy atom. The first-order valence-corrected chi connectivity index (χ1v) is 10.6. The summed E-state index contributed by atoms with van der Waals surface area (Å²) in [6.07, 6.45) is 8.36. The fraction of sp³-hybridized carbons (Fsp3) is 0.714. The van der Waals surface area contributed by atoms with Crippen molar-refractivity contribution in [1.82, 2.24) is 15.2 Å². The van der Waals surface area contributed by atoms with Crippen molar-refractivity contribution >= 4 is 35.8 Å². The minimum Gasteiger partial charge on any atom is -0.378 e. The molecule has 158 valence electrons.